The summed E-state index contributed by atoms with van der Waals surface area (Å²) in [5, 5.41) is 0.860. The summed E-state index contributed by atoms with van der Waals surface area (Å²) in [4.78, 5) is 12.3. The van der Waals surface area contributed by atoms with E-state index in [0.717, 1.165) is 30.7 Å². The fraction of sp³-hybridized carbons (Fsp3) is 0.611. The van der Waals surface area contributed by atoms with E-state index in [1.165, 1.54) is 24.0 Å². The van der Waals surface area contributed by atoms with Crippen molar-refractivity contribution in [2.45, 2.75) is 51.4 Å². The van der Waals surface area contributed by atoms with E-state index < -0.39 is 0 Å². The van der Waals surface area contributed by atoms with Crippen LogP contribution in [0.1, 0.15) is 56.1 Å². The summed E-state index contributed by atoms with van der Waals surface area (Å²) < 4.78 is 0. The monoisotopic (exact) mass is 288 g/mol. The lowest BCUT2D eigenvalue weighted by Crippen LogP contribution is -2.42. The van der Waals surface area contributed by atoms with Gasteiger partial charge in [-0.15, -0.1) is 0 Å². The number of carbonyl (C=O) groups is 1. The number of benzene rings is 1. The van der Waals surface area contributed by atoms with Crippen molar-refractivity contribution in [2.75, 3.05) is 0 Å². The Morgan fingerprint density at radius 1 is 1.20 bits per heavy atom. The molecule has 2 fully saturated rings. The number of rotatable bonds is 0. The SMILES string of the molecule is C[C@]12CC[C@@H]3c4ccc(Cl)cc4CC[C@H]3[C@@H]1CCC2=O. The Morgan fingerprint density at radius 2 is 2.05 bits per heavy atom. The molecule has 0 amide bonds. The summed E-state index contributed by atoms with van der Waals surface area (Å²) in [6.45, 7) is 2.24. The third kappa shape index (κ3) is 1.65. The van der Waals surface area contributed by atoms with Gasteiger partial charge in [0.1, 0.15) is 5.78 Å². The van der Waals surface area contributed by atoms with Gasteiger partial charge >= 0.3 is 0 Å². The van der Waals surface area contributed by atoms with Crippen LogP contribution in [0.5, 0.6) is 0 Å². The minimum Gasteiger partial charge on any atom is -0.299 e. The molecule has 1 aromatic carbocycles. The average molecular weight is 289 g/mol. The molecule has 20 heavy (non-hydrogen) atoms. The molecule has 0 aliphatic heterocycles. The number of fused-ring (bicyclic) bond motifs is 5. The molecule has 1 nitrogen and oxygen atoms in total. The molecule has 0 heterocycles. The minimum absolute atomic E-state index is 0.00883. The standard InChI is InChI=1S/C18H21ClO/c1-18-9-8-14-13-5-3-12(19)10-11(13)2-4-15(14)16(18)6-7-17(18)20/h3,5,10,14-16H,2,4,6-9H2,1H3/t14-,15-,16+,18+/m1/s1. The zero-order valence-corrected chi connectivity index (χ0v) is 12.7. The lowest BCUT2D eigenvalue weighted by Gasteiger charge is -2.48. The van der Waals surface area contributed by atoms with Crippen molar-refractivity contribution in [3.8, 4) is 0 Å². The lowest BCUT2D eigenvalue weighted by atomic mass is 9.55. The normalized spacial score (nSPS) is 39.1. The second-order valence-electron chi connectivity index (χ2n) is 7.18. The zero-order valence-electron chi connectivity index (χ0n) is 12.0. The maximum atomic E-state index is 12.3. The fourth-order valence-corrected chi connectivity index (χ4v) is 5.52. The molecule has 3 aliphatic rings. The van der Waals surface area contributed by atoms with E-state index in [0.29, 0.717) is 23.5 Å². The second-order valence-corrected chi connectivity index (χ2v) is 7.61. The first-order chi connectivity index (χ1) is 9.59. The molecule has 106 valence electrons. The van der Waals surface area contributed by atoms with E-state index in [-0.39, 0.29) is 5.41 Å². The Labute approximate surface area is 125 Å². The summed E-state index contributed by atoms with van der Waals surface area (Å²) in [5.41, 5.74) is 2.96. The Balaban J connectivity index is 1.73. The van der Waals surface area contributed by atoms with E-state index >= 15 is 0 Å². The number of halogens is 1. The number of Topliss-reactive ketones (excluding diaryl/α,β-unsaturated/α-hetero) is 1. The summed E-state index contributed by atoms with van der Waals surface area (Å²) in [5.74, 6) is 2.54. The van der Waals surface area contributed by atoms with Gasteiger partial charge < -0.3 is 0 Å². The number of hydrogen-bond donors (Lipinski definition) is 0. The predicted molar refractivity (Wildman–Crippen MR) is 81.1 cm³/mol. The Hall–Kier alpha value is -0.820. The van der Waals surface area contributed by atoms with Crippen molar-refractivity contribution in [3.05, 3.63) is 34.3 Å². The van der Waals surface area contributed by atoms with Crippen molar-refractivity contribution in [1.29, 1.82) is 0 Å². The van der Waals surface area contributed by atoms with Gasteiger partial charge in [0.2, 0.25) is 0 Å². The third-order valence-electron chi connectivity index (χ3n) is 6.40. The molecular formula is C18H21ClO. The van der Waals surface area contributed by atoms with Gasteiger partial charge in [0, 0.05) is 16.9 Å². The molecule has 0 N–H and O–H groups in total. The van der Waals surface area contributed by atoms with Crippen molar-refractivity contribution < 1.29 is 4.79 Å². The molecule has 0 aromatic heterocycles. The molecule has 0 bridgehead atoms. The molecule has 0 radical (unpaired) electrons. The molecule has 0 spiro atoms. The maximum Gasteiger partial charge on any atom is 0.139 e. The van der Waals surface area contributed by atoms with Crippen molar-refractivity contribution in [2.24, 2.45) is 17.3 Å². The quantitative estimate of drug-likeness (QED) is 0.672. The smallest absolute Gasteiger partial charge is 0.139 e. The van der Waals surface area contributed by atoms with Gasteiger partial charge in [0.25, 0.3) is 0 Å². The molecular weight excluding hydrogens is 268 g/mol. The van der Waals surface area contributed by atoms with Crippen molar-refractivity contribution in [1.82, 2.24) is 0 Å². The second kappa shape index (κ2) is 4.34. The minimum atomic E-state index is -0.00883. The van der Waals surface area contributed by atoms with E-state index in [1.54, 1.807) is 0 Å². The Bertz CT molecular complexity index is 579. The first kappa shape index (κ1) is 12.9. The van der Waals surface area contributed by atoms with Crippen LogP contribution in [0.15, 0.2) is 18.2 Å². The first-order valence-electron chi connectivity index (χ1n) is 7.91. The first-order valence-corrected chi connectivity index (χ1v) is 8.29. The van der Waals surface area contributed by atoms with Crippen LogP contribution >= 0.6 is 11.6 Å². The molecule has 3 aliphatic carbocycles. The summed E-state index contributed by atoms with van der Waals surface area (Å²) in [7, 11) is 0. The topological polar surface area (TPSA) is 17.1 Å². The maximum absolute atomic E-state index is 12.3. The Kier molecular flexibility index (Phi) is 2.79. The highest BCUT2D eigenvalue weighted by Gasteiger charge is 2.54. The van der Waals surface area contributed by atoms with Gasteiger partial charge in [-0.05, 0) is 73.1 Å². The molecule has 2 heteroatoms. The van der Waals surface area contributed by atoms with Crippen molar-refractivity contribution in [3.63, 3.8) is 0 Å². The van der Waals surface area contributed by atoms with Crippen LogP contribution in [0.2, 0.25) is 5.02 Å². The zero-order chi connectivity index (χ0) is 13.9. The van der Waals surface area contributed by atoms with Crippen LogP contribution in [0.3, 0.4) is 0 Å². The van der Waals surface area contributed by atoms with E-state index in [9.17, 15) is 4.79 Å². The summed E-state index contributed by atoms with van der Waals surface area (Å²) >= 11 is 6.14. The molecule has 4 atom stereocenters. The highest BCUT2D eigenvalue weighted by atomic mass is 35.5. The van der Waals surface area contributed by atoms with Crippen molar-refractivity contribution >= 4 is 17.4 Å². The van der Waals surface area contributed by atoms with Gasteiger partial charge in [-0.1, -0.05) is 24.6 Å². The highest BCUT2D eigenvalue weighted by molar-refractivity contribution is 6.30. The molecule has 0 unspecified atom stereocenters. The third-order valence-corrected chi connectivity index (χ3v) is 6.63. The number of hydrogen-bond acceptors (Lipinski definition) is 1. The number of aryl methyl sites for hydroxylation is 1. The lowest BCUT2D eigenvalue weighted by molar-refractivity contribution is -0.129. The van der Waals surface area contributed by atoms with Crippen LogP contribution in [-0.4, -0.2) is 5.78 Å². The van der Waals surface area contributed by atoms with Crippen LogP contribution in [-0.2, 0) is 11.2 Å². The predicted octanol–water partition coefficient (Wildman–Crippen LogP) is 4.77. The van der Waals surface area contributed by atoms with Gasteiger partial charge in [0.15, 0.2) is 0 Å². The van der Waals surface area contributed by atoms with Gasteiger partial charge in [-0.25, -0.2) is 0 Å². The van der Waals surface area contributed by atoms with E-state index in [4.69, 9.17) is 11.6 Å². The van der Waals surface area contributed by atoms with E-state index in [1.807, 2.05) is 6.07 Å². The average Bonchev–Trinajstić information content (AvgIpc) is 2.74. The largest absolute Gasteiger partial charge is 0.299 e. The van der Waals surface area contributed by atoms with Crippen LogP contribution in [0.4, 0.5) is 0 Å². The Morgan fingerprint density at radius 3 is 2.90 bits per heavy atom. The number of carbonyl (C=O) groups excluding carboxylic acids is 1. The van der Waals surface area contributed by atoms with Gasteiger partial charge in [0.05, 0.1) is 0 Å². The number of ketones is 1. The van der Waals surface area contributed by atoms with Crippen LogP contribution in [0.25, 0.3) is 0 Å². The fourth-order valence-electron chi connectivity index (χ4n) is 5.32. The van der Waals surface area contributed by atoms with E-state index in [2.05, 4.69) is 19.1 Å². The summed E-state index contributed by atoms with van der Waals surface area (Å²) in [6, 6.07) is 6.44. The van der Waals surface area contributed by atoms with Crippen LogP contribution in [0, 0.1) is 17.3 Å². The molecule has 1 aromatic rings. The molecule has 4 rings (SSSR count). The highest BCUT2D eigenvalue weighted by Crippen LogP contribution is 2.59. The van der Waals surface area contributed by atoms with Gasteiger partial charge in [-0.3, -0.25) is 4.79 Å². The van der Waals surface area contributed by atoms with Crippen LogP contribution < -0.4 is 0 Å². The van der Waals surface area contributed by atoms with Gasteiger partial charge in [-0.2, -0.15) is 0 Å². The molecule has 0 saturated heterocycles. The molecule has 2 saturated carbocycles. The summed E-state index contributed by atoms with van der Waals surface area (Å²) in [6.07, 6.45) is 6.58.